The van der Waals surface area contributed by atoms with Gasteiger partial charge < -0.3 is 48.1 Å². The van der Waals surface area contributed by atoms with E-state index in [0.717, 1.165) is 56.4 Å². The number of anilines is 2. The van der Waals surface area contributed by atoms with Crippen LogP contribution in [0, 0.1) is 57.2 Å². The van der Waals surface area contributed by atoms with Crippen LogP contribution in [0.4, 0.5) is 37.7 Å². The van der Waals surface area contributed by atoms with Crippen molar-refractivity contribution in [2.45, 2.75) is 169 Å². The lowest BCUT2D eigenvalue weighted by molar-refractivity contribution is -0.151. The highest BCUT2D eigenvalue weighted by molar-refractivity contribution is 6.38. The molecule has 2 aromatic rings. The maximum absolute atomic E-state index is 14.1. The number of primary amides is 2. The number of amides is 5. The quantitative estimate of drug-likeness (QED) is 0.0590. The second-order valence-corrected chi connectivity index (χ2v) is 26.4. The van der Waals surface area contributed by atoms with Gasteiger partial charge in [0.25, 0.3) is 11.8 Å². The van der Waals surface area contributed by atoms with Crippen LogP contribution < -0.4 is 33.2 Å². The van der Waals surface area contributed by atoms with Crippen molar-refractivity contribution < 1.29 is 69.8 Å². The van der Waals surface area contributed by atoms with Gasteiger partial charge in [-0.2, -0.15) is 26.3 Å². The number of carbonyl (C=O) groups excluding carboxylic acids is 7. The number of halogens is 7. The highest BCUT2D eigenvalue weighted by Crippen LogP contribution is 2.66. The molecular formula is C58H81ClF6N8O9. The number of hydrogen-bond donors (Lipinski definition) is 7. The van der Waals surface area contributed by atoms with Crippen LogP contribution in [0.5, 0.6) is 0 Å². The maximum Gasteiger partial charge on any atom is 0.416 e. The molecule has 2 heterocycles. The second-order valence-electron chi connectivity index (χ2n) is 26.4. The van der Waals surface area contributed by atoms with Crippen LogP contribution in [0.15, 0.2) is 48.5 Å². The van der Waals surface area contributed by atoms with E-state index in [4.69, 9.17) is 17.2 Å². The van der Waals surface area contributed by atoms with Crippen molar-refractivity contribution >= 4 is 70.9 Å². The molecule has 8 rings (SSSR count). The number of alkyl halides is 6. The molecule has 456 valence electrons. The van der Waals surface area contributed by atoms with Gasteiger partial charge in [0.1, 0.15) is 24.2 Å². The number of fused-ring (bicyclic) bond motifs is 2. The van der Waals surface area contributed by atoms with Crippen LogP contribution >= 0.6 is 12.4 Å². The van der Waals surface area contributed by atoms with Gasteiger partial charge >= 0.3 is 18.3 Å². The molecule has 3 unspecified atom stereocenters. The van der Waals surface area contributed by atoms with E-state index >= 15 is 0 Å². The van der Waals surface area contributed by atoms with Crippen LogP contribution in [0.1, 0.15) is 132 Å². The van der Waals surface area contributed by atoms with Crippen molar-refractivity contribution in [3.05, 3.63) is 59.7 Å². The molecule has 6 aliphatic rings. The molecule has 4 saturated carbocycles. The number of piperidine rings is 2. The number of carbonyl (C=O) groups is 8. The molecule has 17 nitrogen and oxygen atoms in total. The van der Waals surface area contributed by atoms with Crippen molar-refractivity contribution in [1.82, 2.24) is 15.1 Å². The van der Waals surface area contributed by atoms with E-state index in [0.29, 0.717) is 31.8 Å². The van der Waals surface area contributed by atoms with Crippen molar-refractivity contribution in [2.24, 2.45) is 74.4 Å². The Labute approximate surface area is 481 Å². The maximum atomic E-state index is 14.1. The molecular weight excluding hydrogens is 1100 g/mol. The number of ketones is 2. The number of carboxylic acid groups (broad SMARTS) is 1. The van der Waals surface area contributed by atoms with Crippen molar-refractivity contribution in [1.29, 1.82) is 0 Å². The average Bonchev–Trinajstić information content (AvgIpc) is 1.87. The van der Waals surface area contributed by atoms with Gasteiger partial charge in [0.2, 0.25) is 29.3 Å². The number of nitrogens with one attached hydrogen (secondary N) is 3. The van der Waals surface area contributed by atoms with Crippen LogP contribution in [0.25, 0.3) is 0 Å². The fourth-order valence-corrected chi connectivity index (χ4v) is 12.2. The zero-order valence-electron chi connectivity index (χ0n) is 48.1. The minimum Gasteiger partial charge on any atom is -0.480 e. The summed E-state index contributed by atoms with van der Waals surface area (Å²) in [6.07, 6.45) is -1.82. The molecule has 2 aromatic carbocycles. The normalized spacial score (nSPS) is 24.6. The molecule has 10 atom stereocenters. The molecule has 0 spiro atoms. The first-order valence-electron chi connectivity index (χ1n) is 27.6. The van der Waals surface area contributed by atoms with E-state index in [1.54, 1.807) is 41.5 Å². The lowest BCUT2D eigenvalue weighted by atomic mass is 9.80. The Morgan fingerprint density at radius 3 is 1.34 bits per heavy atom. The van der Waals surface area contributed by atoms with Crippen molar-refractivity contribution in [2.75, 3.05) is 23.7 Å². The van der Waals surface area contributed by atoms with Gasteiger partial charge in [-0.05, 0) is 100 Å². The van der Waals surface area contributed by atoms with E-state index in [2.05, 4.69) is 16.0 Å². The van der Waals surface area contributed by atoms with Crippen LogP contribution in [-0.2, 0) is 50.7 Å². The zero-order chi connectivity index (χ0) is 60.9. The molecule has 2 saturated heterocycles. The Morgan fingerprint density at radius 2 is 1.00 bits per heavy atom. The minimum absolute atomic E-state index is 0. The number of rotatable bonds is 17. The number of hydrogen-bond acceptors (Lipinski definition) is 11. The van der Waals surface area contributed by atoms with Gasteiger partial charge in [-0.15, -0.1) is 12.4 Å². The summed E-state index contributed by atoms with van der Waals surface area (Å²) in [4.78, 5) is 102. The lowest BCUT2D eigenvalue weighted by Gasteiger charge is -2.38. The van der Waals surface area contributed by atoms with Crippen molar-refractivity contribution in [3.63, 3.8) is 0 Å². The zero-order valence-corrected chi connectivity index (χ0v) is 49.0. The Bertz CT molecular complexity index is 2740. The Hall–Kier alpha value is -5.97. The van der Waals surface area contributed by atoms with Crippen molar-refractivity contribution in [3.8, 4) is 0 Å². The third kappa shape index (κ3) is 15.0. The third-order valence-corrected chi connectivity index (χ3v) is 17.8. The summed E-state index contributed by atoms with van der Waals surface area (Å²) in [6, 6.07) is 4.02. The fourth-order valence-electron chi connectivity index (χ4n) is 12.2. The topological polar surface area (TPSA) is 277 Å². The molecule has 24 heteroatoms. The molecule has 2 aliphatic heterocycles. The van der Waals surface area contributed by atoms with E-state index in [-0.39, 0.29) is 64.2 Å². The Balaban J connectivity index is 0.000000255. The summed E-state index contributed by atoms with van der Waals surface area (Å²) < 4.78 is 79.1. The van der Waals surface area contributed by atoms with E-state index in [9.17, 15) is 69.8 Å². The molecule has 0 aromatic heterocycles. The second kappa shape index (κ2) is 24.7. The van der Waals surface area contributed by atoms with Crippen LogP contribution in [0.3, 0.4) is 0 Å². The highest BCUT2D eigenvalue weighted by Gasteiger charge is 2.71. The number of nitrogens with zero attached hydrogens (tertiary/aromatic N) is 2. The third-order valence-electron chi connectivity index (χ3n) is 17.8. The molecule has 4 aliphatic carbocycles. The molecule has 10 N–H and O–H groups in total. The number of benzene rings is 2. The predicted octanol–water partition coefficient (Wildman–Crippen LogP) is 7.82. The van der Waals surface area contributed by atoms with E-state index in [1.165, 1.54) is 40.5 Å². The van der Waals surface area contributed by atoms with Gasteiger partial charge in [-0.25, -0.2) is 4.79 Å². The van der Waals surface area contributed by atoms with E-state index in [1.807, 2.05) is 27.7 Å². The van der Waals surface area contributed by atoms with Gasteiger partial charge in [-0.1, -0.05) is 120 Å². The minimum atomic E-state index is -4.54. The summed E-state index contributed by atoms with van der Waals surface area (Å²) in [5.41, 5.74) is 12.5. The van der Waals surface area contributed by atoms with E-state index < -0.39 is 118 Å². The largest absolute Gasteiger partial charge is 0.480 e. The van der Waals surface area contributed by atoms with Gasteiger partial charge in [0.05, 0.1) is 23.2 Å². The number of carboxylic acids is 1. The van der Waals surface area contributed by atoms with Gasteiger partial charge in [0, 0.05) is 30.4 Å². The summed E-state index contributed by atoms with van der Waals surface area (Å²) in [7, 11) is 0. The first kappa shape index (κ1) is 66.8. The van der Waals surface area contributed by atoms with Crippen LogP contribution in [0.2, 0.25) is 0 Å². The molecule has 5 amide bonds. The number of aliphatic carboxylic acids is 1. The number of nitrogens with two attached hydrogens (primary N) is 3. The molecule has 82 heavy (non-hydrogen) atoms. The van der Waals surface area contributed by atoms with Gasteiger partial charge in [-0.3, -0.25) is 33.6 Å². The number of likely N-dealkylation sites (tertiary alicyclic amines) is 2. The number of Topliss-reactive ketones (excluding diaryl/α,β-unsaturated/α-hetero) is 2. The first-order valence-corrected chi connectivity index (χ1v) is 27.6. The summed E-state index contributed by atoms with van der Waals surface area (Å²) in [5.74, 6) is -5.23. The van der Waals surface area contributed by atoms with Crippen LogP contribution in [-0.4, -0.2) is 111 Å². The average molecular weight is 1180 g/mol. The molecule has 0 radical (unpaired) electrons. The smallest absolute Gasteiger partial charge is 0.416 e. The molecule has 6 fully saturated rings. The predicted molar refractivity (Wildman–Crippen MR) is 296 cm³/mol. The standard InChI is InChI=1S/C29H39F3N4O4.C21H27F3N2O3.C8H14N2O2.ClH/c1-27(2,3)23(34-17-11-7-10-16(13-17)29(30,31)32)26(40)36-14-18-20(28(18,4)5)21(36)25(39)35-19(22(37)24(33)38)12-15-8-6-9-15;1-19(2,3)16(25-12-8-6-7-11(9-12)21(22,23)24)17(27)26-10-13-14(20(13,4)5)15(26)18(28)29;9-6(7(11)8(10)12)4-5-2-1-3-5;/h7,10-11,13,15,18-21,23,34H,6,8-9,12,14H2,1-5H3,(H2,33,38)(H,35,39);6-9,13-16,25H,10H2,1-5H3,(H,28,29);5-6H,1-4,9H2,(H2,10,12);1H/t18-,19?,20-,21?,23+;13-,14-,15-,16+;;/m00../s1. The summed E-state index contributed by atoms with van der Waals surface area (Å²) in [6.45, 7) is 19.5. The van der Waals surface area contributed by atoms with Gasteiger partial charge in [0.15, 0.2) is 0 Å². The highest BCUT2D eigenvalue weighted by atomic mass is 35.5. The molecule has 0 bridgehead atoms. The lowest BCUT2D eigenvalue weighted by Crippen LogP contribution is -2.58. The SMILES string of the molecule is CC(C)(C)[C@H](Nc1cccc(C(F)(F)F)c1)C(=O)N1C[C@H]2[C@@H](C1C(=O)NC(CC1CCC1)C(=O)C(N)=O)C2(C)C.CC(C)(C)[C@H](Nc1cccc(C(F)(F)F)c1)C(=O)N1C[C@H]2[C@@H]([C@H]1C(=O)O)C2(C)C.Cl.NC(=O)C(=O)C(N)CC1CCC1. The Kier molecular flexibility index (Phi) is 20.1. The monoisotopic (exact) mass is 1180 g/mol. The first-order chi connectivity index (χ1) is 37.2. The Morgan fingerprint density at radius 1 is 0.622 bits per heavy atom. The summed E-state index contributed by atoms with van der Waals surface area (Å²) in [5, 5.41) is 18.4. The summed E-state index contributed by atoms with van der Waals surface area (Å²) >= 11 is 0. The fraction of sp³-hybridized carbons (Fsp3) is 0.655.